The summed E-state index contributed by atoms with van der Waals surface area (Å²) in [6, 6.07) is 4.24. The van der Waals surface area contributed by atoms with Crippen LogP contribution in [0.5, 0.6) is 0 Å². The fourth-order valence-electron chi connectivity index (χ4n) is 2.23. The van der Waals surface area contributed by atoms with Crippen LogP contribution in [0.1, 0.15) is 30.6 Å². The quantitative estimate of drug-likeness (QED) is 0.820. The zero-order valence-corrected chi connectivity index (χ0v) is 11.7. The highest BCUT2D eigenvalue weighted by molar-refractivity contribution is 9.11. The zero-order valence-electron chi connectivity index (χ0n) is 9.34. The van der Waals surface area contributed by atoms with E-state index in [1.807, 2.05) is 0 Å². The average molecular weight is 304 g/mol. The van der Waals surface area contributed by atoms with Crippen molar-refractivity contribution in [3.05, 3.63) is 20.8 Å². The lowest BCUT2D eigenvalue weighted by Crippen LogP contribution is -2.38. The van der Waals surface area contributed by atoms with E-state index >= 15 is 0 Å². The molecule has 0 atom stereocenters. The highest BCUT2D eigenvalue weighted by Gasteiger charge is 2.30. The number of nitrogens with one attached hydrogen (secondary N) is 1. The Morgan fingerprint density at radius 3 is 2.75 bits per heavy atom. The summed E-state index contributed by atoms with van der Waals surface area (Å²) in [5.41, 5.74) is -0.421. The van der Waals surface area contributed by atoms with Crippen LogP contribution in [-0.4, -0.2) is 23.8 Å². The number of aliphatic hydroxyl groups is 1. The van der Waals surface area contributed by atoms with E-state index in [-0.39, 0.29) is 0 Å². The van der Waals surface area contributed by atoms with Crippen molar-refractivity contribution in [1.82, 2.24) is 5.32 Å². The van der Waals surface area contributed by atoms with Crippen LogP contribution in [0, 0.1) is 0 Å². The molecule has 0 saturated heterocycles. The standard InChI is InChI=1S/C12H18BrNOS/c13-11-4-3-10(16-11)5-8-14-9-12(15)6-1-2-7-12/h3-4,14-15H,1-2,5-9H2. The summed E-state index contributed by atoms with van der Waals surface area (Å²) >= 11 is 5.25. The van der Waals surface area contributed by atoms with Crippen molar-refractivity contribution < 1.29 is 5.11 Å². The zero-order chi connectivity index (χ0) is 11.4. The first-order chi connectivity index (χ1) is 7.68. The van der Waals surface area contributed by atoms with Gasteiger partial charge in [0.25, 0.3) is 0 Å². The number of hydrogen-bond donors (Lipinski definition) is 2. The van der Waals surface area contributed by atoms with Gasteiger partial charge in [-0.05, 0) is 47.3 Å². The summed E-state index contributed by atoms with van der Waals surface area (Å²) in [6.45, 7) is 1.70. The molecular formula is C12H18BrNOS. The first-order valence-electron chi connectivity index (χ1n) is 5.85. The maximum atomic E-state index is 10.1. The molecule has 4 heteroatoms. The number of hydrogen-bond acceptors (Lipinski definition) is 3. The van der Waals surface area contributed by atoms with Gasteiger partial charge in [-0.1, -0.05) is 12.8 Å². The summed E-state index contributed by atoms with van der Waals surface area (Å²) in [4.78, 5) is 1.39. The molecule has 0 radical (unpaired) electrons. The Morgan fingerprint density at radius 1 is 1.38 bits per heavy atom. The monoisotopic (exact) mass is 303 g/mol. The van der Waals surface area contributed by atoms with Gasteiger partial charge in [0, 0.05) is 18.0 Å². The third-order valence-corrected chi connectivity index (χ3v) is 4.85. The summed E-state index contributed by atoms with van der Waals surface area (Å²) in [7, 11) is 0. The van der Waals surface area contributed by atoms with Crippen LogP contribution in [0.15, 0.2) is 15.9 Å². The third-order valence-electron chi connectivity index (χ3n) is 3.17. The van der Waals surface area contributed by atoms with E-state index in [0.29, 0.717) is 0 Å². The molecule has 1 heterocycles. The van der Waals surface area contributed by atoms with Gasteiger partial charge in [-0.3, -0.25) is 0 Å². The molecular weight excluding hydrogens is 286 g/mol. The molecule has 1 aromatic heterocycles. The van der Waals surface area contributed by atoms with Crippen LogP contribution in [0.2, 0.25) is 0 Å². The van der Waals surface area contributed by atoms with E-state index in [2.05, 4.69) is 33.4 Å². The van der Waals surface area contributed by atoms with Crippen molar-refractivity contribution in [2.75, 3.05) is 13.1 Å². The summed E-state index contributed by atoms with van der Waals surface area (Å²) in [5.74, 6) is 0. The molecule has 0 aliphatic heterocycles. The van der Waals surface area contributed by atoms with E-state index in [4.69, 9.17) is 0 Å². The smallest absolute Gasteiger partial charge is 0.0771 e. The Labute approximate surface area is 109 Å². The number of halogens is 1. The summed E-state index contributed by atoms with van der Waals surface area (Å²) < 4.78 is 1.19. The SMILES string of the molecule is OC1(CNCCc2ccc(Br)s2)CCCC1. The molecule has 0 unspecified atom stereocenters. The molecule has 2 N–H and O–H groups in total. The molecule has 1 aliphatic rings. The highest BCUT2D eigenvalue weighted by atomic mass is 79.9. The van der Waals surface area contributed by atoms with E-state index in [1.54, 1.807) is 11.3 Å². The van der Waals surface area contributed by atoms with Crippen LogP contribution in [0.25, 0.3) is 0 Å². The van der Waals surface area contributed by atoms with Crippen molar-refractivity contribution in [3.63, 3.8) is 0 Å². The maximum Gasteiger partial charge on any atom is 0.0771 e. The molecule has 1 saturated carbocycles. The van der Waals surface area contributed by atoms with Gasteiger partial charge in [0.05, 0.1) is 9.39 Å². The minimum absolute atomic E-state index is 0.421. The molecule has 16 heavy (non-hydrogen) atoms. The highest BCUT2D eigenvalue weighted by Crippen LogP contribution is 2.28. The average Bonchev–Trinajstić information content (AvgIpc) is 2.84. The molecule has 0 aromatic carbocycles. The largest absolute Gasteiger partial charge is 0.389 e. The van der Waals surface area contributed by atoms with E-state index in [1.165, 1.54) is 21.5 Å². The fourth-order valence-corrected chi connectivity index (χ4v) is 3.71. The second-order valence-corrected chi connectivity index (χ2v) is 7.11. The van der Waals surface area contributed by atoms with E-state index < -0.39 is 5.60 Å². The van der Waals surface area contributed by atoms with Gasteiger partial charge in [-0.2, -0.15) is 0 Å². The second kappa shape index (κ2) is 5.63. The normalized spacial score (nSPS) is 19.1. The summed E-state index contributed by atoms with van der Waals surface area (Å²) in [5, 5.41) is 13.5. The lowest BCUT2D eigenvalue weighted by Gasteiger charge is -2.22. The molecule has 90 valence electrons. The van der Waals surface area contributed by atoms with Crippen LogP contribution >= 0.6 is 27.3 Å². The van der Waals surface area contributed by atoms with Crippen LogP contribution in [0.3, 0.4) is 0 Å². The van der Waals surface area contributed by atoms with Gasteiger partial charge < -0.3 is 10.4 Å². The van der Waals surface area contributed by atoms with Crippen molar-refractivity contribution >= 4 is 27.3 Å². The van der Waals surface area contributed by atoms with Gasteiger partial charge in [0.15, 0.2) is 0 Å². The van der Waals surface area contributed by atoms with E-state index in [9.17, 15) is 5.11 Å². The lowest BCUT2D eigenvalue weighted by molar-refractivity contribution is 0.0481. The van der Waals surface area contributed by atoms with Gasteiger partial charge in [0.1, 0.15) is 0 Å². The Balaban J connectivity index is 1.65. The van der Waals surface area contributed by atoms with Crippen molar-refractivity contribution in [1.29, 1.82) is 0 Å². The van der Waals surface area contributed by atoms with Crippen molar-refractivity contribution in [2.24, 2.45) is 0 Å². The topological polar surface area (TPSA) is 32.3 Å². The Bertz CT molecular complexity index is 334. The van der Waals surface area contributed by atoms with Gasteiger partial charge in [-0.15, -0.1) is 11.3 Å². The lowest BCUT2D eigenvalue weighted by atomic mass is 10.0. The first kappa shape index (κ1) is 12.6. The Hall–Kier alpha value is 0.1000. The van der Waals surface area contributed by atoms with Crippen molar-refractivity contribution in [3.8, 4) is 0 Å². The molecule has 0 amide bonds. The molecule has 1 aliphatic carbocycles. The van der Waals surface area contributed by atoms with Crippen LogP contribution in [0.4, 0.5) is 0 Å². The van der Waals surface area contributed by atoms with Gasteiger partial charge in [0.2, 0.25) is 0 Å². The second-order valence-electron chi connectivity index (χ2n) is 4.56. The number of thiophene rings is 1. The fraction of sp³-hybridized carbons (Fsp3) is 0.667. The van der Waals surface area contributed by atoms with E-state index in [0.717, 1.165) is 32.4 Å². The molecule has 0 spiro atoms. The molecule has 1 aromatic rings. The minimum atomic E-state index is -0.421. The Morgan fingerprint density at radius 2 is 2.12 bits per heavy atom. The third kappa shape index (κ3) is 3.55. The molecule has 0 bridgehead atoms. The Kier molecular flexibility index (Phi) is 4.41. The van der Waals surface area contributed by atoms with Gasteiger partial charge >= 0.3 is 0 Å². The van der Waals surface area contributed by atoms with Crippen molar-refractivity contribution in [2.45, 2.75) is 37.7 Å². The van der Waals surface area contributed by atoms with Gasteiger partial charge in [-0.25, -0.2) is 0 Å². The first-order valence-corrected chi connectivity index (χ1v) is 7.46. The van der Waals surface area contributed by atoms with Crippen LogP contribution in [-0.2, 0) is 6.42 Å². The minimum Gasteiger partial charge on any atom is -0.389 e. The predicted molar refractivity (Wildman–Crippen MR) is 72.0 cm³/mol. The predicted octanol–water partition coefficient (Wildman–Crippen LogP) is 2.95. The maximum absolute atomic E-state index is 10.1. The summed E-state index contributed by atoms with van der Waals surface area (Å²) in [6.07, 6.45) is 5.33. The molecule has 2 nitrogen and oxygen atoms in total. The van der Waals surface area contributed by atoms with Crippen LogP contribution < -0.4 is 5.32 Å². The molecule has 2 rings (SSSR count). The number of rotatable bonds is 5. The molecule has 1 fully saturated rings.